The van der Waals surface area contributed by atoms with Crippen LogP contribution in [0.2, 0.25) is 20.1 Å². The Hall–Kier alpha value is -8.89. The Bertz CT molecular complexity index is 4800. The number of rotatable bonds is 32. The fraction of sp³-hybridized carbons (Fsp3) is 0.400. The lowest BCUT2D eigenvalue weighted by atomic mass is 10.0. The van der Waals surface area contributed by atoms with Gasteiger partial charge in [0, 0.05) is 105 Å². The Balaban J connectivity index is 0.000000177. The minimum atomic E-state index is -4.45. The minimum Gasteiger partial charge on any atom is -0.389 e. The van der Waals surface area contributed by atoms with E-state index in [0.717, 1.165) is 194 Å². The Morgan fingerprint density at radius 3 is 1.08 bits per heavy atom. The minimum absolute atomic E-state index is 0.132. The SMILES string of the molecule is CCCN(C)Cc1cn[nH]c1-c1cc(F)cc(Cl)c1.CCCN(C)Cc1cn[nH]c1-c1ccc(C(C)O)cc1.CCCN(C)Cc1cn[nH]c1-c1ccc(C(F)(F)F)c(Cl)c1.CCCN(C)Cc1cn[nH]c1-c1ccc(C2CC2)cc1.CCCN(C)Cc1cn[nH]c1-c1ccc(Cl)c(F)c1.CCCN(C)Cc1cn[nH]c1-c1ccccc1Cl. The second kappa shape index (κ2) is 47.8. The van der Waals surface area contributed by atoms with E-state index in [4.69, 9.17) is 46.4 Å². The van der Waals surface area contributed by atoms with Crippen molar-refractivity contribution in [1.29, 1.82) is 0 Å². The van der Waals surface area contributed by atoms with Gasteiger partial charge in [0.15, 0.2) is 0 Å². The third kappa shape index (κ3) is 29.2. The van der Waals surface area contributed by atoms with Gasteiger partial charge in [-0.2, -0.15) is 43.8 Å². The Morgan fingerprint density at radius 2 is 0.729 bits per heavy atom. The third-order valence-electron chi connectivity index (χ3n) is 19.6. The molecule has 12 aromatic rings. The number of hydrogen-bond donors (Lipinski definition) is 7. The average molecular weight is 1700 g/mol. The fourth-order valence-electron chi connectivity index (χ4n) is 13.8. The zero-order valence-corrected chi connectivity index (χ0v) is 73.1. The topological polar surface area (TPSA) is 212 Å². The zero-order valence-electron chi connectivity index (χ0n) is 70.1. The van der Waals surface area contributed by atoms with Crippen LogP contribution >= 0.6 is 46.4 Å². The number of halogens is 9. The summed E-state index contributed by atoms with van der Waals surface area (Å²) in [5.74, 6) is 0.0626. The Morgan fingerprint density at radius 1 is 0.390 bits per heavy atom. The molecule has 1 saturated carbocycles. The molecule has 0 amide bonds. The van der Waals surface area contributed by atoms with Gasteiger partial charge < -0.3 is 34.5 Å². The summed E-state index contributed by atoms with van der Waals surface area (Å²) >= 11 is 23.6. The van der Waals surface area contributed by atoms with E-state index in [2.05, 4.69) is 192 Å². The molecule has 1 fully saturated rings. The van der Waals surface area contributed by atoms with Crippen molar-refractivity contribution in [1.82, 2.24) is 90.6 Å². The summed E-state index contributed by atoms with van der Waals surface area (Å²) in [5, 5.41) is 53.1. The molecule has 6 aromatic heterocycles. The maximum absolute atomic E-state index is 13.5. The maximum Gasteiger partial charge on any atom is 0.417 e. The molecule has 0 spiro atoms. The zero-order chi connectivity index (χ0) is 85.4. The predicted octanol–water partition coefficient (Wildman–Crippen LogP) is 22.4. The molecule has 118 heavy (non-hydrogen) atoms. The quantitative estimate of drug-likeness (QED) is 0.0196. The number of H-pyrrole nitrogens is 6. The van der Waals surface area contributed by atoms with Gasteiger partial charge in [0.1, 0.15) is 11.6 Å². The van der Waals surface area contributed by atoms with Crippen LogP contribution in [0.25, 0.3) is 67.5 Å². The lowest BCUT2D eigenvalue weighted by molar-refractivity contribution is -0.137. The summed E-state index contributed by atoms with van der Waals surface area (Å²) in [4.78, 5) is 13.5. The molecule has 0 bridgehead atoms. The molecule has 634 valence electrons. The molecule has 0 saturated heterocycles. The number of aromatic nitrogens is 12. The van der Waals surface area contributed by atoms with E-state index in [9.17, 15) is 27.1 Å². The Labute approximate surface area is 712 Å². The summed E-state index contributed by atoms with van der Waals surface area (Å²) in [5.41, 5.74) is 19.3. The van der Waals surface area contributed by atoms with Gasteiger partial charge in [0.05, 0.1) is 93.1 Å². The molecule has 0 aliphatic heterocycles. The first-order chi connectivity index (χ1) is 56.6. The van der Waals surface area contributed by atoms with Gasteiger partial charge in [0.25, 0.3) is 0 Å². The smallest absolute Gasteiger partial charge is 0.389 e. The highest BCUT2D eigenvalue weighted by molar-refractivity contribution is 6.33. The monoisotopic (exact) mass is 1700 g/mol. The first-order valence-corrected chi connectivity index (χ1v) is 41.8. The standard InChI is InChI=1S/C17H23N3.C16H23N3O.C15H17ClF3N3.2C14H17ClFN3.C14H18ClN3/c1-3-10-20(2)12-16-11-18-19-17(16)15-8-6-14(7-9-15)13-4-5-13;1-4-9-19(3)11-15-10-17-18-16(15)14-7-5-13(6-8-14)12(2)20;1-3-6-22(2)9-11-8-20-21-14(11)10-4-5-12(13(16)7-10)15(17,18)19;1-3-6-19(2)9-11-8-17-18-14(11)10-4-5-12(15)13(16)7-10;1-3-4-19(2)9-11-8-17-18-14(11)10-5-12(15)7-13(16)6-10;1-3-8-18(2)10-11-9-16-17-14(11)12-6-4-5-7-13(12)15/h6-9,11,13H,3-5,10,12H2,1-2H3,(H,18,19);5-8,10,12,20H,4,9,11H2,1-3H3,(H,17,18);4-5,7-8H,3,6,9H2,1-2H3,(H,20,21);4-5,7-8H,3,6,9H2,1-2H3,(H,17,18);5-8H,3-4,9H2,1-2H3,(H,17,18);4-7,9H,3,8,10H2,1-2H3,(H,16,17). The predicted molar refractivity (Wildman–Crippen MR) is 471 cm³/mol. The Kier molecular flexibility index (Phi) is 38.3. The van der Waals surface area contributed by atoms with Crippen molar-refractivity contribution in [2.75, 3.05) is 81.6 Å². The lowest BCUT2D eigenvalue weighted by Crippen LogP contribution is -2.18. The number of aromatic amines is 6. The highest BCUT2D eigenvalue weighted by Crippen LogP contribution is 2.41. The molecule has 0 radical (unpaired) electrons. The van der Waals surface area contributed by atoms with E-state index < -0.39 is 23.7 Å². The molecule has 7 N–H and O–H groups in total. The number of nitrogens with zero attached hydrogens (tertiary/aromatic N) is 12. The second-order valence-electron chi connectivity index (χ2n) is 30.2. The van der Waals surface area contributed by atoms with Crippen molar-refractivity contribution in [2.45, 2.75) is 157 Å². The van der Waals surface area contributed by atoms with Crippen molar-refractivity contribution in [3.63, 3.8) is 0 Å². The summed E-state index contributed by atoms with van der Waals surface area (Å²) in [6.45, 7) is 25.9. The van der Waals surface area contributed by atoms with Crippen molar-refractivity contribution in [3.05, 3.63) is 246 Å². The molecule has 1 unspecified atom stereocenters. The van der Waals surface area contributed by atoms with E-state index in [1.165, 1.54) is 77.4 Å². The molecule has 1 atom stereocenters. The molecule has 19 nitrogen and oxygen atoms in total. The lowest BCUT2D eigenvalue weighted by Gasteiger charge is -2.15. The van der Waals surface area contributed by atoms with Gasteiger partial charge in [-0.1, -0.05) is 167 Å². The van der Waals surface area contributed by atoms with Crippen LogP contribution in [0.3, 0.4) is 0 Å². The molecular weight excluding hydrogens is 1590 g/mol. The molecule has 6 aromatic carbocycles. The van der Waals surface area contributed by atoms with Crippen molar-refractivity contribution < 1.29 is 27.1 Å². The summed E-state index contributed by atoms with van der Waals surface area (Å²) in [7, 11) is 12.5. The van der Waals surface area contributed by atoms with Gasteiger partial charge in [-0.15, -0.1) is 0 Å². The van der Waals surface area contributed by atoms with Crippen molar-refractivity contribution >= 4 is 46.4 Å². The van der Waals surface area contributed by atoms with E-state index in [1.54, 1.807) is 43.7 Å². The summed E-state index contributed by atoms with van der Waals surface area (Å²) in [6, 6.07) is 37.8. The normalized spacial score (nSPS) is 12.3. The van der Waals surface area contributed by atoms with Crippen LogP contribution in [-0.4, -0.2) is 177 Å². The number of alkyl halides is 3. The van der Waals surface area contributed by atoms with Crippen LogP contribution < -0.4 is 0 Å². The highest BCUT2D eigenvalue weighted by atomic mass is 35.5. The van der Waals surface area contributed by atoms with Crippen LogP contribution in [-0.2, 0) is 45.4 Å². The fourth-order valence-corrected chi connectivity index (χ4v) is 14.6. The number of benzene rings is 6. The number of aliphatic hydroxyl groups is 1. The van der Waals surface area contributed by atoms with E-state index in [1.807, 2.05) is 74.2 Å². The van der Waals surface area contributed by atoms with E-state index in [0.29, 0.717) is 22.8 Å². The molecule has 1 aliphatic carbocycles. The van der Waals surface area contributed by atoms with Gasteiger partial charge in [-0.05, 0) is 217 Å². The van der Waals surface area contributed by atoms with Crippen molar-refractivity contribution in [2.24, 2.45) is 0 Å². The summed E-state index contributed by atoms with van der Waals surface area (Å²) in [6.07, 6.45) is 15.5. The number of nitrogens with one attached hydrogen (secondary N) is 6. The molecule has 28 heteroatoms. The van der Waals surface area contributed by atoms with E-state index in [-0.39, 0.29) is 15.9 Å². The van der Waals surface area contributed by atoms with Gasteiger partial charge >= 0.3 is 6.18 Å². The number of hydrogen-bond acceptors (Lipinski definition) is 13. The largest absolute Gasteiger partial charge is 0.417 e. The van der Waals surface area contributed by atoms with Crippen LogP contribution in [0.4, 0.5) is 22.0 Å². The van der Waals surface area contributed by atoms with Crippen LogP contribution in [0, 0.1) is 11.6 Å². The van der Waals surface area contributed by atoms with Crippen molar-refractivity contribution in [3.8, 4) is 67.5 Å². The van der Waals surface area contributed by atoms with Crippen LogP contribution in [0.15, 0.2) is 165 Å². The van der Waals surface area contributed by atoms with Gasteiger partial charge in [-0.25, -0.2) is 8.78 Å². The van der Waals surface area contributed by atoms with Gasteiger partial charge in [-0.3, -0.25) is 30.6 Å². The molecular formula is C90H115Cl4F5N18O. The average Bonchev–Trinajstić information content (AvgIpc) is 1.41. The first-order valence-electron chi connectivity index (χ1n) is 40.3. The molecule has 6 heterocycles. The third-order valence-corrected chi connectivity index (χ3v) is 20.7. The van der Waals surface area contributed by atoms with E-state index >= 15 is 0 Å². The highest BCUT2D eigenvalue weighted by Gasteiger charge is 2.33. The van der Waals surface area contributed by atoms with Crippen LogP contribution in [0.5, 0.6) is 0 Å². The molecule has 1 aliphatic rings. The second-order valence-corrected chi connectivity index (χ2v) is 31.9. The first kappa shape index (κ1) is 94.6. The maximum atomic E-state index is 13.5. The number of aliphatic hydroxyl groups excluding tert-OH is 1. The van der Waals surface area contributed by atoms with Gasteiger partial charge in [0.2, 0.25) is 0 Å². The van der Waals surface area contributed by atoms with Crippen LogP contribution in [0.1, 0.15) is 162 Å². The summed E-state index contributed by atoms with van der Waals surface area (Å²) < 4.78 is 65.2. The molecule has 13 rings (SSSR count).